The highest BCUT2D eigenvalue weighted by Gasteiger charge is 2.31. The molecular weight excluding hydrogens is 484 g/mol. The molecule has 0 aliphatic carbocycles. The van der Waals surface area contributed by atoms with E-state index in [1.165, 1.54) is 17.2 Å². The van der Waals surface area contributed by atoms with Gasteiger partial charge in [0.15, 0.2) is 0 Å². The van der Waals surface area contributed by atoms with Crippen LogP contribution in [0.25, 0.3) is 0 Å². The minimum atomic E-state index is -1.02. The summed E-state index contributed by atoms with van der Waals surface area (Å²) in [5, 5.41) is 16.6. The van der Waals surface area contributed by atoms with Crippen LogP contribution in [0.2, 0.25) is 0 Å². The predicted octanol–water partition coefficient (Wildman–Crippen LogP) is 2.49. The summed E-state index contributed by atoms with van der Waals surface area (Å²) < 4.78 is 11.7. The maximum absolute atomic E-state index is 13.3. The molecule has 0 unspecified atom stereocenters. The number of carbonyl (C=O) groups excluding carboxylic acids is 2. The van der Waals surface area contributed by atoms with Gasteiger partial charge in [0.1, 0.15) is 41.2 Å². The zero-order chi connectivity index (χ0) is 26.5. The third-order valence-corrected chi connectivity index (χ3v) is 6.47. The van der Waals surface area contributed by atoms with Gasteiger partial charge < -0.3 is 30.1 Å². The van der Waals surface area contributed by atoms with Crippen LogP contribution in [0.1, 0.15) is 28.9 Å². The minimum absolute atomic E-state index is 0.0418. The van der Waals surface area contributed by atoms with Crippen LogP contribution in [-0.4, -0.2) is 60.3 Å². The molecule has 3 N–H and O–H groups in total. The molecule has 38 heavy (non-hydrogen) atoms. The van der Waals surface area contributed by atoms with Crippen LogP contribution in [0.5, 0.6) is 17.2 Å². The SMILES string of the molecule is CN1C(=O)[C@@H](NC(=O)c2cc(Oc3ccccc3)ccn2)COc2ccc(C#CC3(O)CCNCC3)cc21. The lowest BCUT2D eigenvalue weighted by atomic mass is 9.93. The highest BCUT2D eigenvalue weighted by atomic mass is 16.5. The Morgan fingerprint density at radius 1 is 1.16 bits per heavy atom. The number of aromatic nitrogens is 1. The predicted molar refractivity (Wildman–Crippen MR) is 141 cm³/mol. The number of likely N-dealkylation sites (N-methyl/N-ethyl adjacent to an activating group) is 1. The number of benzene rings is 2. The number of carbonyl (C=O) groups is 2. The number of hydrogen-bond acceptors (Lipinski definition) is 7. The van der Waals surface area contributed by atoms with Gasteiger partial charge in [-0.1, -0.05) is 30.0 Å². The minimum Gasteiger partial charge on any atom is -0.489 e. The van der Waals surface area contributed by atoms with Crippen molar-refractivity contribution in [3.63, 3.8) is 0 Å². The quantitative estimate of drug-likeness (QED) is 0.461. The van der Waals surface area contributed by atoms with E-state index in [2.05, 4.69) is 27.5 Å². The summed E-state index contributed by atoms with van der Waals surface area (Å²) in [5.74, 6) is 6.74. The number of aliphatic hydroxyl groups is 1. The van der Waals surface area contributed by atoms with Gasteiger partial charge in [0, 0.05) is 24.9 Å². The molecule has 1 aromatic heterocycles. The Kier molecular flexibility index (Phi) is 7.26. The molecule has 0 spiro atoms. The van der Waals surface area contributed by atoms with Crippen LogP contribution in [-0.2, 0) is 4.79 Å². The Morgan fingerprint density at radius 2 is 1.95 bits per heavy atom. The van der Waals surface area contributed by atoms with Crippen molar-refractivity contribution < 1.29 is 24.2 Å². The number of para-hydroxylation sites is 1. The normalized spacial score (nSPS) is 18.2. The molecule has 2 aliphatic heterocycles. The van der Waals surface area contributed by atoms with E-state index in [4.69, 9.17) is 9.47 Å². The van der Waals surface area contributed by atoms with Crippen LogP contribution in [0.4, 0.5) is 5.69 Å². The van der Waals surface area contributed by atoms with Crippen LogP contribution in [0.3, 0.4) is 0 Å². The monoisotopic (exact) mass is 512 g/mol. The van der Waals surface area contributed by atoms with Crippen molar-refractivity contribution in [2.75, 3.05) is 31.6 Å². The van der Waals surface area contributed by atoms with Gasteiger partial charge >= 0.3 is 0 Å². The Balaban J connectivity index is 1.28. The molecule has 2 amide bonds. The van der Waals surface area contributed by atoms with Gasteiger partial charge in [-0.2, -0.15) is 0 Å². The van der Waals surface area contributed by atoms with Crippen molar-refractivity contribution in [3.8, 4) is 29.1 Å². The number of fused-ring (bicyclic) bond motifs is 1. The molecule has 3 heterocycles. The fourth-order valence-corrected chi connectivity index (χ4v) is 4.29. The van der Waals surface area contributed by atoms with Crippen molar-refractivity contribution in [2.24, 2.45) is 0 Å². The summed E-state index contributed by atoms with van der Waals surface area (Å²) in [7, 11) is 1.62. The number of amides is 2. The molecule has 0 radical (unpaired) electrons. The Bertz CT molecular complexity index is 1390. The van der Waals surface area contributed by atoms with Gasteiger partial charge in [-0.05, 0) is 62.3 Å². The third-order valence-electron chi connectivity index (χ3n) is 6.47. The lowest BCUT2D eigenvalue weighted by molar-refractivity contribution is -0.120. The number of pyridine rings is 1. The van der Waals surface area contributed by atoms with E-state index in [0.717, 1.165) is 0 Å². The lowest BCUT2D eigenvalue weighted by Gasteiger charge is -2.27. The second kappa shape index (κ2) is 10.9. The van der Waals surface area contributed by atoms with Crippen molar-refractivity contribution >= 4 is 17.5 Å². The highest BCUT2D eigenvalue weighted by molar-refractivity contribution is 6.03. The summed E-state index contributed by atoms with van der Waals surface area (Å²) in [6.07, 6.45) is 2.59. The maximum atomic E-state index is 13.3. The molecule has 3 aromatic rings. The molecule has 9 heteroatoms. The molecule has 1 fully saturated rings. The first-order chi connectivity index (χ1) is 18.4. The second-order valence-electron chi connectivity index (χ2n) is 9.24. The first-order valence-electron chi connectivity index (χ1n) is 12.4. The average Bonchev–Trinajstić information content (AvgIpc) is 3.05. The Morgan fingerprint density at radius 3 is 2.74 bits per heavy atom. The highest BCUT2D eigenvalue weighted by Crippen LogP contribution is 2.32. The van der Waals surface area contributed by atoms with Crippen LogP contribution in [0, 0.1) is 11.8 Å². The van der Waals surface area contributed by atoms with Crippen molar-refractivity contribution in [1.82, 2.24) is 15.6 Å². The smallest absolute Gasteiger partial charge is 0.270 e. The van der Waals surface area contributed by atoms with Gasteiger partial charge in [-0.15, -0.1) is 0 Å². The van der Waals surface area contributed by atoms with E-state index in [0.29, 0.717) is 54.4 Å². The molecule has 0 bridgehead atoms. The fourth-order valence-electron chi connectivity index (χ4n) is 4.29. The van der Waals surface area contributed by atoms with Gasteiger partial charge in [0.2, 0.25) is 0 Å². The number of rotatable bonds is 4. The number of nitrogens with zero attached hydrogens (tertiary/aromatic N) is 2. The molecule has 2 aromatic carbocycles. The fraction of sp³-hybridized carbons (Fsp3) is 0.276. The van der Waals surface area contributed by atoms with Gasteiger partial charge in [0.05, 0.1) is 5.69 Å². The molecular formula is C29H28N4O5. The Labute approximate surface area is 220 Å². The van der Waals surface area contributed by atoms with Gasteiger partial charge in [-0.3, -0.25) is 14.6 Å². The summed E-state index contributed by atoms with van der Waals surface area (Å²) >= 11 is 0. The third kappa shape index (κ3) is 5.78. The topological polar surface area (TPSA) is 113 Å². The van der Waals surface area contributed by atoms with E-state index in [9.17, 15) is 14.7 Å². The number of nitrogens with one attached hydrogen (secondary N) is 2. The largest absolute Gasteiger partial charge is 0.489 e. The molecule has 194 valence electrons. The van der Waals surface area contributed by atoms with Gasteiger partial charge in [0.25, 0.3) is 11.8 Å². The number of piperidine rings is 1. The summed E-state index contributed by atoms with van der Waals surface area (Å²) in [6.45, 7) is 1.39. The molecule has 0 saturated carbocycles. The summed E-state index contributed by atoms with van der Waals surface area (Å²) in [4.78, 5) is 31.8. The number of ether oxygens (including phenoxy) is 2. The Hall–Kier alpha value is -4.39. The molecule has 1 atom stereocenters. The van der Waals surface area contributed by atoms with E-state index in [1.807, 2.05) is 30.3 Å². The van der Waals surface area contributed by atoms with Gasteiger partial charge in [-0.25, -0.2) is 0 Å². The number of hydrogen-bond donors (Lipinski definition) is 3. The van der Waals surface area contributed by atoms with Crippen LogP contribution < -0.4 is 25.0 Å². The standard InChI is InChI=1S/C29H28N4O5/c1-33-25-17-20(9-11-29(36)12-15-30-16-13-29)7-8-26(25)37-19-24(28(33)35)32-27(34)23-18-22(10-14-31-23)38-21-5-3-2-4-6-21/h2-8,10,14,17-18,24,30,36H,12-13,15-16,19H2,1H3,(H,32,34)/t24-/m0/s1. The van der Waals surface area contributed by atoms with Crippen molar-refractivity contribution in [1.29, 1.82) is 0 Å². The van der Waals surface area contributed by atoms with Crippen LogP contribution in [0.15, 0.2) is 66.9 Å². The van der Waals surface area contributed by atoms with E-state index >= 15 is 0 Å². The molecule has 9 nitrogen and oxygen atoms in total. The zero-order valence-electron chi connectivity index (χ0n) is 20.9. The van der Waals surface area contributed by atoms with E-state index in [1.54, 1.807) is 31.3 Å². The first kappa shape index (κ1) is 25.3. The maximum Gasteiger partial charge on any atom is 0.270 e. The summed E-state index contributed by atoms with van der Waals surface area (Å²) in [5.41, 5.74) is 0.278. The van der Waals surface area contributed by atoms with E-state index in [-0.39, 0.29) is 18.2 Å². The molecule has 2 aliphatic rings. The molecule has 5 rings (SSSR count). The number of anilines is 1. The van der Waals surface area contributed by atoms with Crippen molar-refractivity contribution in [3.05, 3.63) is 78.1 Å². The average molecular weight is 513 g/mol. The summed E-state index contributed by atoms with van der Waals surface area (Å²) in [6, 6.07) is 16.7. The first-order valence-corrected chi connectivity index (χ1v) is 12.4. The van der Waals surface area contributed by atoms with Crippen LogP contribution >= 0.6 is 0 Å². The molecule has 1 saturated heterocycles. The second-order valence-corrected chi connectivity index (χ2v) is 9.24. The van der Waals surface area contributed by atoms with Crippen molar-refractivity contribution in [2.45, 2.75) is 24.5 Å². The zero-order valence-corrected chi connectivity index (χ0v) is 20.9. The lowest BCUT2D eigenvalue weighted by Crippen LogP contribution is -2.49. The van der Waals surface area contributed by atoms with E-state index < -0.39 is 17.6 Å².